The van der Waals surface area contributed by atoms with Crippen molar-refractivity contribution in [1.82, 2.24) is 0 Å². The van der Waals surface area contributed by atoms with Gasteiger partial charge in [0, 0.05) is 11.6 Å². The molecule has 0 saturated heterocycles. The number of rotatable bonds is 4. The van der Waals surface area contributed by atoms with E-state index < -0.39 is 23.6 Å². The average molecular weight is 335 g/mol. The maximum atomic E-state index is 12.1. The van der Waals surface area contributed by atoms with E-state index >= 15 is 0 Å². The van der Waals surface area contributed by atoms with Crippen LogP contribution in [0.1, 0.15) is 46.1 Å². The van der Waals surface area contributed by atoms with Gasteiger partial charge in [0.25, 0.3) is 0 Å². The van der Waals surface area contributed by atoms with Crippen molar-refractivity contribution in [3.05, 3.63) is 23.8 Å². The number of carboxylic acid groups (broad SMARTS) is 1. The summed E-state index contributed by atoms with van der Waals surface area (Å²) < 4.78 is 10.5. The molecular weight excluding hydrogens is 310 g/mol. The lowest BCUT2D eigenvalue weighted by atomic mass is 10.0. The Morgan fingerprint density at radius 2 is 1.88 bits per heavy atom. The summed E-state index contributed by atoms with van der Waals surface area (Å²) in [6, 6.07) is 5.22. The molecule has 2 N–H and O–H groups in total. The molecular formula is C18H25NO5. The molecule has 0 aliphatic heterocycles. The van der Waals surface area contributed by atoms with Crippen molar-refractivity contribution in [3.63, 3.8) is 0 Å². The largest absolute Gasteiger partial charge is 0.497 e. The van der Waals surface area contributed by atoms with Crippen molar-refractivity contribution in [3.8, 4) is 5.75 Å². The fourth-order valence-electron chi connectivity index (χ4n) is 3.13. The molecule has 2 atom stereocenters. The Labute approximate surface area is 142 Å². The van der Waals surface area contributed by atoms with Crippen LogP contribution in [0.5, 0.6) is 5.75 Å². The lowest BCUT2D eigenvalue weighted by molar-refractivity contribution is -0.139. The highest BCUT2D eigenvalue weighted by molar-refractivity contribution is 5.87. The number of nitrogens with one attached hydrogen (secondary N) is 1. The molecule has 1 aliphatic rings. The Balaban J connectivity index is 2.33. The van der Waals surface area contributed by atoms with Crippen molar-refractivity contribution in [2.45, 2.75) is 46.1 Å². The second kappa shape index (κ2) is 6.00. The molecule has 1 fully saturated rings. The van der Waals surface area contributed by atoms with Crippen molar-refractivity contribution in [1.29, 1.82) is 0 Å². The Morgan fingerprint density at radius 3 is 2.33 bits per heavy atom. The molecule has 6 heteroatoms. The van der Waals surface area contributed by atoms with Gasteiger partial charge in [0.05, 0.1) is 13.0 Å². The van der Waals surface area contributed by atoms with Gasteiger partial charge in [-0.3, -0.25) is 10.1 Å². The highest BCUT2D eigenvalue weighted by Crippen LogP contribution is 2.65. The van der Waals surface area contributed by atoms with Gasteiger partial charge in [-0.1, -0.05) is 13.8 Å². The smallest absolute Gasteiger partial charge is 0.412 e. The number of amides is 1. The molecule has 0 heterocycles. The highest BCUT2D eigenvalue weighted by Gasteiger charge is 2.63. The number of ether oxygens (including phenoxy) is 2. The Bertz CT molecular complexity index is 660. The van der Waals surface area contributed by atoms with Crippen LogP contribution >= 0.6 is 0 Å². The first-order valence-corrected chi connectivity index (χ1v) is 7.88. The van der Waals surface area contributed by atoms with Crippen LogP contribution in [0.25, 0.3) is 0 Å². The quantitative estimate of drug-likeness (QED) is 0.872. The van der Waals surface area contributed by atoms with Crippen LogP contribution in [0.15, 0.2) is 18.2 Å². The lowest BCUT2D eigenvalue weighted by Crippen LogP contribution is -2.27. The molecule has 1 aromatic carbocycles. The number of aliphatic carboxylic acids is 1. The zero-order chi connectivity index (χ0) is 18.3. The van der Waals surface area contributed by atoms with E-state index in [0.717, 1.165) is 5.56 Å². The minimum absolute atomic E-state index is 0.199. The number of carboxylic acids is 1. The van der Waals surface area contributed by atoms with Crippen LogP contribution < -0.4 is 10.1 Å². The third-order valence-corrected chi connectivity index (χ3v) is 4.32. The second-order valence-electron chi connectivity index (χ2n) is 7.70. The topological polar surface area (TPSA) is 84.9 Å². The van der Waals surface area contributed by atoms with Crippen molar-refractivity contribution in [2.75, 3.05) is 12.4 Å². The van der Waals surface area contributed by atoms with E-state index in [0.29, 0.717) is 11.4 Å². The second-order valence-corrected chi connectivity index (χ2v) is 7.70. The maximum Gasteiger partial charge on any atom is 0.412 e. The first-order chi connectivity index (χ1) is 11.0. The minimum Gasteiger partial charge on any atom is -0.497 e. The van der Waals surface area contributed by atoms with Crippen LogP contribution in [-0.4, -0.2) is 29.9 Å². The maximum absolute atomic E-state index is 12.1. The van der Waals surface area contributed by atoms with Gasteiger partial charge < -0.3 is 14.6 Å². The molecule has 132 valence electrons. The van der Waals surface area contributed by atoms with Gasteiger partial charge in [-0.05, 0) is 49.9 Å². The van der Waals surface area contributed by atoms with E-state index in [-0.39, 0.29) is 11.3 Å². The summed E-state index contributed by atoms with van der Waals surface area (Å²) >= 11 is 0. The van der Waals surface area contributed by atoms with Crippen LogP contribution in [0, 0.1) is 11.3 Å². The molecule has 1 saturated carbocycles. The Morgan fingerprint density at radius 1 is 1.25 bits per heavy atom. The monoisotopic (exact) mass is 335 g/mol. The van der Waals surface area contributed by atoms with Gasteiger partial charge in [-0.15, -0.1) is 0 Å². The summed E-state index contributed by atoms with van der Waals surface area (Å²) in [6.07, 6.45) is -0.570. The number of hydrogen-bond donors (Lipinski definition) is 2. The predicted molar refractivity (Wildman–Crippen MR) is 90.5 cm³/mol. The number of anilines is 1. The minimum atomic E-state index is -0.837. The molecule has 6 nitrogen and oxygen atoms in total. The fraction of sp³-hybridized carbons (Fsp3) is 0.556. The SMILES string of the molecule is COc1ccc(NC(=O)OC(C)(C)C)c([C@@H]2[C@@H](C(=O)O)C2(C)C)c1. The van der Waals surface area contributed by atoms with E-state index in [1.165, 1.54) is 0 Å². The molecule has 0 unspecified atom stereocenters. The molecule has 0 radical (unpaired) electrons. The van der Waals surface area contributed by atoms with E-state index in [9.17, 15) is 14.7 Å². The van der Waals surface area contributed by atoms with Crippen molar-refractivity contribution >= 4 is 17.7 Å². The first-order valence-electron chi connectivity index (χ1n) is 7.88. The molecule has 1 aromatic rings. The zero-order valence-corrected chi connectivity index (χ0v) is 15.0. The van der Waals surface area contributed by atoms with Crippen molar-refractivity contribution < 1.29 is 24.2 Å². The van der Waals surface area contributed by atoms with E-state index in [1.54, 1.807) is 46.1 Å². The summed E-state index contributed by atoms with van der Waals surface area (Å²) in [7, 11) is 1.55. The van der Waals surface area contributed by atoms with E-state index in [2.05, 4.69) is 5.32 Å². The standard InChI is InChI=1S/C18H25NO5/c1-17(2,3)24-16(22)19-12-8-7-10(23-6)9-11(12)13-14(15(20)21)18(13,4)5/h7-9,13-14H,1-6H3,(H,19,22)(H,20,21)/t13-,14+/m1/s1. The van der Waals surface area contributed by atoms with E-state index in [1.807, 2.05) is 13.8 Å². The molecule has 0 bridgehead atoms. The first kappa shape index (κ1) is 18.1. The number of carbonyl (C=O) groups excluding carboxylic acids is 1. The summed E-state index contributed by atoms with van der Waals surface area (Å²) in [4.78, 5) is 23.6. The number of benzene rings is 1. The zero-order valence-electron chi connectivity index (χ0n) is 15.0. The third kappa shape index (κ3) is 3.63. The lowest BCUT2D eigenvalue weighted by Gasteiger charge is -2.21. The molecule has 2 rings (SSSR count). The summed E-state index contributed by atoms with van der Waals surface area (Å²) in [5, 5.41) is 12.2. The molecule has 24 heavy (non-hydrogen) atoms. The van der Waals surface area contributed by atoms with Crippen LogP contribution in [0.3, 0.4) is 0 Å². The van der Waals surface area contributed by atoms with Gasteiger partial charge in [0.2, 0.25) is 0 Å². The number of carbonyl (C=O) groups is 2. The molecule has 0 spiro atoms. The van der Waals surface area contributed by atoms with Crippen LogP contribution in [-0.2, 0) is 9.53 Å². The molecule has 1 aliphatic carbocycles. The summed E-state index contributed by atoms with van der Waals surface area (Å²) in [5.41, 5.74) is 0.298. The highest BCUT2D eigenvalue weighted by atomic mass is 16.6. The number of methoxy groups -OCH3 is 1. The van der Waals surface area contributed by atoms with Crippen molar-refractivity contribution in [2.24, 2.45) is 11.3 Å². The predicted octanol–water partition coefficient (Wildman–Crippen LogP) is 3.87. The van der Waals surface area contributed by atoms with Gasteiger partial charge in [-0.2, -0.15) is 0 Å². The Kier molecular flexibility index (Phi) is 4.52. The Hall–Kier alpha value is -2.24. The van der Waals surface area contributed by atoms with Gasteiger partial charge in [0.15, 0.2) is 0 Å². The van der Waals surface area contributed by atoms with Gasteiger partial charge in [-0.25, -0.2) is 4.79 Å². The summed E-state index contributed by atoms with van der Waals surface area (Å²) in [6.45, 7) is 9.17. The molecule has 1 amide bonds. The van der Waals surface area contributed by atoms with Gasteiger partial charge in [0.1, 0.15) is 11.4 Å². The normalized spacial score (nSPS) is 21.8. The summed E-state index contributed by atoms with van der Waals surface area (Å²) in [5.74, 6) is -0.915. The van der Waals surface area contributed by atoms with Crippen LogP contribution in [0.2, 0.25) is 0 Å². The van der Waals surface area contributed by atoms with Gasteiger partial charge >= 0.3 is 12.1 Å². The van der Waals surface area contributed by atoms with Crippen LogP contribution in [0.4, 0.5) is 10.5 Å². The average Bonchev–Trinajstić information content (AvgIpc) is 3.00. The third-order valence-electron chi connectivity index (χ3n) is 4.32. The fourth-order valence-corrected chi connectivity index (χ4v) is 3.13. The van der Waals surface area contributed by atoms with E-state index in [4.69, 9.17) is 9.47 Å². The number of hydrogen-bond acceptors (Lipinski definition) is 4. The molecule has 0 aromatic heterocycles.